The van der Waals surface area contributed by atoms with Crippen LogP contribution in [0.3, 0.4) is 0 Å². The number of rotatable bonds is 4. The molecule has 27 heavy (non-hydrogen) atoms. The van der Waals surface area contributed by atoms with E-state index in [1.165, 1.54) is 0 Å². The van der Waals surface area contributed by atoms with Crippen LogP contribution in [-0.2, 0) is 9.84 Å². The Balaban J connectivity index is 2.05. The monoisotopic (exact) mass is 426 g/mol. The summed E-state index contributed by atoms with van der Waals surface area (Å²) in [6.45, 7) is 8.12. The van der Waals surface area contributed by atoms with E-state index >= 15 is 0 Å². The van der Waals surface area contributed by atoms with Crippen molar-refractivity contribution in [2.45, 2.75) is 9.79 Å². The Labute approximate surface area is 161 Å². The third-order valence-corrected chi connectivity index (χ3v) is 9.31. The van der Waals surface area contributed by atoms with Crippen molar-refractivity contribution >= 4 is 36.3 Å². The Morgan fingerprint density at radius 2 is 1.11 bits per heavy atom. The maximum absolute atomic E-state index is 14.0. The van der Waals surface area contributed by atoms with Gasteiger partial charge in [0.1, 0.15) is 9.79 Å². The fraction of sp³-hybridized carbons (Fsp3) is 0.333. The van der Waals surface area contributed by atoms with Crippen molar-refractivity contribution in [2.75, 3.05) is 40.2 Å². The van der Waals surface area contributed by atoms with E-state index in [-0.39, 0.29) is 23.4 Å². The van der Waals surface area contributed by atoms with Gasteiger partial charge in [-0.2, -0.15) is 0 Å². The fourth-order valence-corrected chi connectivity index (χ4v) is 8.47. The lowest BCUT2D eigenvalue weighted by Gasteiger charge is -2.20. The van der Waals surface area contributed by atoms with Crippen LogP contribution in [0.4, 0.5) is 0 Å². The predicted molar refractivity (Wildman–Crippen MR) is 107 cm³/mol. The summed E-state index contributed by atoms with van der Waals surface area (Å²) in [4.78, 5) is 0.381. The average Bonchev–Trinajstić information content (AvgIpc) is 3.27. The van der Waals surface area contributed by atoms with Crippen LogP contribution >= 0.6 is 15.8 Å². The highest BCUT2D eigenvalue weighted by Crippen LogP contribution is 2.48. The van der Waals surface area contributed by atoms with Gasteiger partial charge in [0.15, 0.2) is 23.0 Å². The summed E-state index contributed by atoms with van der Waals surface area (Å²) in [5.41, 5.74) is 0. The normalized spacial score (nSPS) is 15.0. The molecule has 0 aromatic heterocycles. The molecule has 0 fully saturated rings. The first-order chi connectivity index (χ1) is 12.8. The molecule has 0 unspecified atom stereocenters. The molecule has 0 radical (unpaired) electrons. The number of hydrogen-bond acceptors (Lipinski definition) is 6. The van der Waals surface area contributed by atoms with Gasteiger partial charge in [0.2, 0.25) is 23.4 Å². The van der Waals surface area contributed by atoms with Crippen molar-refractivity contribution in [3.8, 4) is 23.0 Å². The van der Waals surface area contributed by atoms with Gasteiger partial charge in [0, 0.05) is 0 Å². The van der Waals surface area contributed by atoms with Crippen LogP contribution in [0, 0.1) is 0 Å². The maximum Gasteiger partial charge on any atom is 0.231 e. The molecule has 0 N–H and O–H groups in total. The highest BCUT2D eigenvalue weighted by molar-refractivity contribution is 7.93. The van der Waals surface area contributed by atoms with Crippen molar-refractivity contribution in [3.05, 3.63) is 24.3 Å². The van der Waals surface area contributed by atoms with E-state index in [2.05, 4.69) is 0 Å². The van der Waals surface area contributed by atoms with Crippen LogP contribution in [0.1, 0.15) is 0 Å². The molecule has 2 heterocycles. The van der Waals surface area contributed by atoms with Gasteiger partial charge >= 0.3 is 0 Å². The Kier molecular flexibility index (Phi) is 4.74. The summed E-state index contributed by atoms with van der Waals surface area (Å²) in [6, 6.07) is 7.21. The van der Waals surface area contributed by atoms with Gasteiger partial charge in [0.05, 0.1) is 0 Å². The minimum atomic E-state index is -3.92. The molecule has 0 spiro atoms. The highest BCUT2D eigenvalue weighted by atomic mass is 32.2. The quantitative estimate of drug-likeness (QED) is 0.701. The maximum atomic E-state index is 14.0. The molecule has 144 valence electrons. The van der Waals surface area contributed by atoms with Crippen molar-refractivity contribution in [3.63, 3.8) is 0 Å². The lowest BCUT2D eigenvalue weighted by Crippen LogP contribution is -2.21. The zero-order valence-electron chi connectivity index (χ0n) is 15.5. The standard InChI is InChI=1S/C18H20O6P2S/c1-25(2)13-7-5-11-15(23-9-21-11)17(13)27(19,20)18-14(26(3)4)8-6-12-16(18)24-10-22-12/h5-8H,9-10H2,1-4H3. The zero-order chi connectivity index (χ0) is 19.3. The van der Waals surface area contributed by atoms with E-state index in [1.807, 2.05) is 38.8 Å². The molecule has 2 aliphatic heterocycles. The molecular formula is C18H20O6P2S. The van der Waals surface area contributed by atoms with Gasteiger partial charge in [-0.05, 0) is 61.5 Å². The van der Waals surface area contributed by atoms with E-state index in [0.29, 0.717) is 23.0 Å². The van der Waals surface area contributed by atoms with Gasteiger partial charge in [-0.1, -0.05) is 15.8 Å². The zero-order valence-corrected chi connectivity index (χ0v) is 18.1. The van der Waals surface area contributed by atoms with Gasteiger partial charge in [-0.25, -0.2) is 8.42 Å². The van der Waals surface area contributed by atoms with Crippen LogP contribution in [0.15, 0.2) is 34.1 Å². The fourth-order valence-electron chi connectivity index (χ4n) is 3.20. The molecule has 0 atom stereocenters. The molecule has 2 aliphatic rings. The van der Waals surface area contributed by atoms with Crippen molar-refractivity contribution in [2.24, 2.45) is 0 Å². The molecule has 2 aromatic carbocycles. The molecule has 6 nitrogen and oxygen atoms in total. The molecule has 0 amide bonds. The lowest BCUT2D eigenvalue weighted by atomic mass is 10.3. The van der Waals surface area contributed by atoms with Crippen LogP contribution in [0.25, 0.3) is 0 Å². The average molecular weight is 426 g/mol. The third-order valence-electron chi connectivity index (χ3n) is 4.45. The molecule has 0 saturated carbocycles. The molecule has 4 rings (SSSR count). The van der Waals surface area contributed by atoms with Gasteiger partial charge in [0.25, 0.3) is 0 Å². The van der Waals surface area contributed by atoms with E-state index in [1.54, 1.807) is 12.1 Å². The Morgan fingerprint density at radius 3 is 1.48 bits per heavy atom. The van der Waals surface area contributed by atoms with E-state index < -0.39 is 25.7 Å². The Morgan fingerprint density at radius 1 is 0.704 bits per heavy atom. The molecule has 0 bridgehead atoms. The van der Waals surface area contributed by atoms with Crippen LogP contribution in [0.2, 0.25) is 0 Å². The van der Waals surface area contributed by atoms with Gasteiger partial charge in [-0.15, -0.1) is 0 Å². The second-order valence-corrected chi connectivity index (χ2v) is 13.0. The Bertz CT molecular complexity index is 941. The number of hydrogen-bond donors (Lipinski definition) is 0. The number of ether oxygens (including phenoxy) is 4. The molecule has 2 aromatic rings. The number of sulfone groups is 1. The summed E-state index contributed by atoms with van der Waals surface area (Å²) in [7, 11) is -5.30. The van der Waals surface area contributed by atoms with Gasteiger partial charge in [-0.3, -0.25) is 0 Å². The Hall–Kier alpha value is -1.55. The second-order valence-electron chi connectivity index (χ2n) is 6.59. The summed E-state index contributed by atoms with van der Waals surface area (Å²) in [5, 5.41) is 1.52. The lowest BCUT2D eigenvalue weighted by molar-refractivity contribution is 0.172. The first-order valence-electron chi connectivity index (χ1n) is 8.27. The number of fused-ring (bicyclic) bond motifs is 2. The van der Waals surface area contributed by atoms with E-state index in [4.69, 9.17) is 18.9 Å². The predicted octanol–water partition coefficient (Wildman–Crippen LogP) is 2.71. The van der Waals surface area contributed by atoms with Crippen LogP contribution in [-0.4, -0.2) is 48.7 Å². The van der Waals surface area contributed by atoms with Crippen LogP contribution in [0.5, 0.6) is 23.0 Å². The summed E-state index contributed by atoms with van der Waals surface area (Å²) >= 11 is 0. The third kappa shape index (κ3) is 2.97. The van der Waals surface area contributed by atoms with Crippen molar-refractivity contribution in [1.29, 1.82) is 0 Å². The topological polar surface area (TPSA) is 71.1 Å². The first kappa shape index (κ1) is 18.8. The molecule has 9 heteroatoms. The summed E-state index contributed by atoms with van der Waals surface area (Å²) in [6.07, 6.45) is 0. The van der Waals surface area contributed by atoms with Crippen molar-refractivity contribution in [1.82, 2.24) is 0 Å². The van der Waals surface area contributed by atoms with Crippen molar-refractivity contribution < 1.29 is 27.4 Å². The largest absolute Gasteiger partial charge is 0.454 e. The summed E-state index contributed by atoms with van der Waals surface area (Å²) in [5.74, 6) is 1.50. The minimum Gasteiger partial charge on any atom is -0.454 e. The molecule has 0 aliphatic carbocycles. The summed E-state index contributed by atoms with van der Waals surface area (Å²) < 4.78 is 50.0. The van der Waals surface area contributed by atoms with E-state index in [9.17, 15) is 8.42 Å². The highest BCUT2D eigenvalue weighted by Gasteiger charge is 2.38. The molecular weight excluding hydrogens is 406 g/mol. The second kappa shape index (κ2) is 6.80. The van der Waals surface area contributed by atoms with E-state index in [0.717, 1.165) is 10.6 Å². The smallest absolute Gasteiger partial charge is 0.231 e. The molecule has 0 saturated heterocycles. The van der Waals surface area contributed by atoms with Crippen LogP contribution < -0.4 is 29.6 Å². The first-order valence-corrected chi connectivity index (χ1v) is 14.2. The number of benzene rings is 2. The SMILES string of the molecule is CP(C)c1ccc2c(c1S(=O)(=O)c1c(P(C)C)ccc3c1OCO3)OCO2. The minimum absolute atomic E-state index is 0.0142. The van der Waals surface area contributed by atoms with Gasteiger partial charge < -0.3 is 18.9 Å².